The zero-order valence-electron chi connectivity index (χ0n) is 17.0. The van der Waals surface area contributed by atoms with Crippen molar-refractivity contribution in [3.05, 3.63) is 89.9 Å². The number of hydrogen-bond acceptors (Lipinski definition) is 4. The number of nitrogens with zero attached hydrogens (tertiary/aromatic N) is 1. The van der Waals surface area contributed by atoms with Crippen molar-refractivity contribution in [3.63, 3.8) is 0 Å². The Labute approximate surface area is 176 Å². The molecule has 0 fully saturated rings. The van der Waals surface area contributed by atoms with E-state index >= 15 is 0 Å². The van der Waals surface area contributed by atoms with Crippen LogP contribution in [-0.4, -0.2) is 10.9 Å². The van der Waals surface area contributed by atoms with Crippen molar-refractivity contribution in [3.8, 4) is 0 Å². The van der Waals surface area contributed by atoms with Crippen LogP contribution >= 0.6 is 0 Å². The number of furan rings is 1. The fraction of sp³-hybridized carbons (Fsp3) is 0.200. The van der Waals surface area contributed by atoms with Crippen LogP contribution in [0.5, 0.6) is 0 Å². The second kappa shape index (κ2) is 9.27. The molecule has 0 bridgehead atoms. The number of amides is 1. The van der Waals surface area contributed by atoms with Gasteiger partial charge in [-0.15, -0.1) is 0 Å². The molecule has 5 heteroatoms. The number of fused-ring (bicyclic) bond motifs is 1. The molecule has 0 saturated heterocycles. The van der Waals surface area contributed by atoms with E-state index in [0.717, 1.165) is 52.9 Å². The van der Waals surface area contributed by atoms with Crippen molar-refractivity contribution >= 4 is 28.3 Å². The quantitative estimate of drug-likeness (QED) is 0.390. The first-order chi connectivity index (χ1) is 14.7. The topological polar surface area (TPSA) is 67.2 Å². The standard InChI is InChI=1S/C25H25N3O2/c1-2-3-7-23-24(21-6-4-5-8-22(21)30-23)25(29)27-17-18-9-11-19(12-10-18)28-20-13-15-26-16-14-20/h4-6,8-16H,2-3,7,17H2,1H3,(H,26,28)(H,27,29). The first-order valence-corrected chi connectivity index (χ1v) is 10.3. The molecule has 2 aromatic carbocycles. The third-order valence-corrected chi connectivity index (χ3v) is 5.03. The van der Waals surface area contributed by atoms with Crippen LogP contribution in [-0.2, 0) is 13.0 Å². The molecule has 2 aromatic heterocycles. The Balaban J connectivity index is 1.44. The molecule has 4 rings (SSSR count). The second-order valence-electron chi connectivity index (χ2n) is 7.24. The maximum Gasteiger partial charge on any atom is 0.255 e. The highest BCUT2D eigenvalue weighted by Gasteiger charge is 2.20. The number of carbonyl (C=O) groups excluding carboxylic acids is 1. The molecule has 152 valence electrons. The number of unbranched alkanes of at least 4 members (excludes halogenated alkanes) is 1. The van der Waals surface area contributed by atoms with E-state index in [9.17, 15) is 4.79 Å². The van der Waals surface area contributed by atoms with Crippen LogP contribution in [0.2, 0.25) is 0 Å². The summed E-state index contributed by atoms with van der Waals surface area (Å²) in [6.45, 7) is 2.59. The summed E-state index contributed by atoms with van der Waals surface area (Å²) in [6, 6.07) is 19.6. The van der Waals surface area contributed by atoms with Gasteiger partial charge in [0.1, 0.15) is 11.3 Å². The number of anilines is 2. The van der Waals surface area contributed by atoms with E-state index in [1.165, 1.54) is 0 Å². The highest BCUT2D eigenvalue weighted by Crippen LogP contribution is 2.27. The zero-order chi connectivity index (χ0) is 20.8. The number of benzene rings is 2. The van der Waals surface area contributed by atoms with Gasteiger partial charge in [0.05, 0.1) is 5.56 Å². The Morgan fingerprint density at radius 2 is 1.70 bits per heavy atom. The average Bonchev–Trinajstić information content (AvgIpc) is 3.16. The molecule has 0 radical (unpaired) electrons. The molecule has 0 atom stereocenters. The van der Waals surface area contributed by atoms with E-state index in [4.69, 9.17) is 4.42 Å². The molecule has 2 N–H and O–H groups in total. The Hall–Kier alpha value is -3.60. The van der Waals surface area contributed by atoms with Gasteiger partial charge < -0.3 is 15.1 Å². The van der Waals surface area contributed by atoms with Gasteiger partial charge in [-0.3, -0.25) is 9.78 Å². The summed E-state index contributed by atoms with van der Waals surface area (Å²) in [5.41, 5.74) is 4.43. The Kier molecular flexibility index (Phi) is 6.09. The van der Waals surface area contributed by atoms with Crippen molar-refractivity contribution in [1.82, 2.24) is 10.3 Å². The van der Waals surface area contributed by atoms with E-state index in [2.05, 4.69) is 22.5 Å². The number of nitrogens with one attached hydrogen (secondary N) is 2. The minimum absolute atomic E-state index is 0.0926. The zero-order valence-corrected chi connectivity index (χ0v) is 17.0. The number of hydrogen-bond donors (Lipinski definition) is 2. The molecular formula is C25H25N3O2. The van der Waals surface area contributed by atoms with Crippen LogP contribution in [0.15, 0.2) is 77.5 Å². The summed E-state index contributed by atoms with van der Waals surface area (Å²) in [6.07, 6.45) is 6.31. The van der Waals surface area contributed by atoms with Gasteiger partial charge in [0.25, 0.3) is 5.91 Å². The molecule has 5 nitrogen and oxygen atoms in total. The molecule has 0 aliphatic rings. The molecule has 1 amide bonds. The summed E-state index contributed by atoms with van der Waals surface area (Å²) in [4.78, 5) is 17.0. The minimum atomic E-state index is -0.0926. The van der Waals surface area contributed by atoms with Crippen LogP contribution < -0.4 is 10.6 Å². The fourth-order valence-corrected chi connectivity index (χ4v) is 3.44. The van der Waals surface area contributed by atoms with Crippen LogP contribution in [0.1, 0.15) is 41.4 Å². The summed E-state index contributed by atoms with van der Waals surface area (Å²) < 4.78 is 5.97. The molecule has 0 spiro atoms. The number of para-hydroxylation sites is 1. The van der Waals surface area contributed by atoms with Gasteiger partial charge in [0.2, 0.25) is 0 Å². The second-order valence-corrected chi connectivity index (χ2v) is 7.24. The van der Waals surface area contributed by atoms with Crippen LogP contribution in [0, 0.1) is 0 Å². The number of aryl methyl sites for hydroxylation is 1. The first kappa shape index (κ1) is 19.7. The van der Waals surface area contributed by atoms with Crippen molar-refractivity contribution in [1.29, 1.82) is 0 Å². The SMILES string of the molecule is CCCCc1oc2ccccc2c1C(=O)NCc1ccc(Nc2ccncc2)cc1. The lowest BCUT2D eigenvalue weighted by Gasteiger charge is -2.09. The van der Waals surface area contributed by atoms with Crippen molar-refractivity contribution in [2.45, 2.75) is 32.7 Å². The third kappa shape index (κ3) is 4.51. The predicted molar refractivity (Wildman–Crippen MR) is 120 cm³/mol. The number of rotatable bonds is 8. The molecule has 0 aliphatic carbocycles. The predicted octanol–water partition coefficient (Wildman–Crippen LogP) is 5.84. The number of pyridine rings is 1. The molecule has 0 aliphatic heterocycles. The van der Waals surface area contributed by atoms with Gasteiger partial charge in [-0.05, 0) is 42.3 Å². The first-order valence-electron chi connectivity index (χ1n) is 10.3. The summed E-state index contributed by atoms with van der Waals surface area (Å²) in [5.74, 6) is 0.678. The van der Waals surface area contributed by atoms with Crippen LogP contribution in [0.25, 0.3) is 11.0 Å². The maximum absolute atomic E-state index is 13.0. The van der Waals surface area contributed by atoms with E-state index in [0.29, 0.717) is 12.1 Å². The van der Waals surface area contributed by atoms with E-state index in [1.807, 2.05) is 60.7 Å². The molecule has 4 aromatic rings. The van der Waals surface area contributed by atoms with E-state index in [-0.39, 0.29) is 5.91 Å². The average molecular weight is 399 g/mol. The third-order valence-electron chi connectivity index (χ3n) is 5.03. The normalized spacial score (nSPS) is 10.8. The van der Waals surface area contributed by atoms with Crippen molar-refractivity contribution < 1.29 is 9.21 Å². The lowest BCUT2D eigenvalue weighted by Crippen LogP contribution is -2.23. The summed E-state index contributed by atoms with van der Waals surface area (Å²) >= 11 is 0. The minimum Gasteiger partial charge on any atom is -0.460 e. The fourth-order valence-electron chi connectivity index (χ4n) is 3.44. The van der Waals surface area contributed by atoms with Crippen molar-refractivity contribution in [2.24, 2.45) is 0 Å². The van der Waals surface area contributed by atoms with E-state index in [1.54, 1.807) is 12.4 Å². The van der Waals surface area contributed by atoms with Crippen LogP contribution in [0.4, 0.5) is 11.4 Å². The molecule has 0 saturated carbocycles. The van der Waals surface area contributed by atoms with Gasteiger partial charge in [-0.1, -0.05) is 43.7 Å². The number of aromatic nitrogens is 1. The monoisotopic (exact) mass is 399 g/mol. The van der Waals surface area contributed by atoms with Gasteiger partial charge in [0, 0.05) is 42.1 Å². The lowest BCUT2D eigenvalue weighted by atomic mass is 10.1. The van der Waals surface area contributed by atoms with Gasteiger partial charge in [-0.25, -0.2) is 0 Å². The molecule has 2 heterocycles. The van der Waals surface area contributed by atoms with E-state index < -0.39 is 0 Å². The highest BCUT2D eigenvalue weighted by atomic mass is 16.3. The molecular weight excluding hydrogens is 374 g/mol. The lowest BCUT2D eigenvalue weighted by molar-refractivity contribution is 0.0950. The maximum atomic E-state index is 13.0. The van der Waals surface area contributed by atoms with Crippen molar-refractivity contribution in [2.75, 3.05) is 5.32 Å². The Morgan fingerprint density at radius 3 is 2.47 bits per heavy atom. The Morgan fingerprint density at radius 1 is 0.967 bits per heavy atom. The van der Waals surface area contributed by atoms with Gasteiger partial charge in [-0.2, -0.15) is 0 Å². The smallest absolute Gasteiger partial charge is 0.255 e. The largest absolute Gasteiger partial charge is 0.460 e. The number of carbonyl (C=O) groups is 1. The summed E-state index contributed by atoms with van der Waals surface area (Å²) in [5, 5.41) is 7.25. The molecule has 30 heavy (non-hydrogen) atoms. The highest BCUT2D eigenvalue weighted by molar-refractivity contribution is 6.07. The van der Waals surface area contributed by atoms with Gasteiger partial charge >= 0.3 is 0 Å². The molecule has 0 unspecified atom stereocenters. The Bertz CT molecular complexity index is 1120. The summed E-state index contributed by atoms with van der Waals surface area (Å²) in [7, 11) is 0. The van der Waals surface area contributed by atoms with Crippen LogP contribution in [0.3, 0.4) is 0 Å². The van der Waals surface area contributed by atoms with Gasteiger partial charge in [0.15, 0.2) is 0 Å².